The van der Waals surface area contributed by atoms with E-state index in [9.17, 15) is 19.2 Å². The van der Waals surface area contributed by atoms with E-state index < -0.39 is 12.0 Å². The minimum absolute atomic E-state index is 0.0210. The van der Waals surface area contributed by atoms with Gasteiger partial charge in [-0.1, -0.05) is 42.5 Å². The monoisotopic (exact) mass is 491 g/mol. The maximum atomic E-state index is 13.0. The molecule has 1 spiro atoms. The number of nitrogens with one attached hydrogen (secondary N) is 1. The number of hydrogen-bond acceptors (Lipinski definition) is 5. The molecule has 2 aromatic carbocycles. The summed E-state index contributed by atoms with van der Waals surface area (Å²) in [5.41, 5.74) is 2.09. The third kappa shape index (κ3) is 5.75. The number of piperidine rings is 1. The van der Waals surface area contributed by atoms with Crippen LogP contribution in [-0.4, -0.2) is 72.8 Å². The van der Waals surface area contributed by atoms with Gasteiger partial charge in [0, 0.05) is 43.7 Å². The largest absolute Gasteiger partial charge is 0.467 e. The predicted molar refractivity (Wildman–Crippen MR) is 135 cm³/mol. The molecule has 0 aliphatic carbocycles. The Labute approximate surface area is 211 Å². The van der Waals surface area contributed by atoms with E-state index >= 15 is 0 Å². The minimum Gasteiger partial charge on any atom is -0.467 e. The van der Waals surface area contributed by atoms with Crippen LogP contribution in [0.2, 0.25) is 0 Å². The van der Waals surface area contributed by atoms with Gasteiger partial charge in [0.2, 0.25) is 0 Å². The van der Waals surface area contributed by atoms with Crippen LogP contribution in [0.25, 0.3) is 0 Å². The van der Waals surface area contributed by atoms with E-state index in [1.807, 2.05) is 35.2 Å². The number of urea groups is 1. The quantitative estimate of drug-likeness (QED) is 0.494. The molecule has 0 aromatic heterocycles. The third-order valence-electron chi connectivity index (χ3n) is 7.44. The Kier molecular flexibility index (Phi) is 7.72. The average Bonchev–Trinajstić information content (AvgIpc) is 3.32. The molecule has 8 nitrogen and oxygen atoms in total. The standard InChI is InChI=1S/C28H33N3O5/c1-20(32)22-8-10-23(11-9-22)25(33)30-15-12-28(13-16-30)14-17-31(19-28)27(35)29-24(26(34)36-2)18-21-6-4-3-5-7-21/h3-11,24H,12-19H2,1-2H3,(H,29,35). The summed E-state index contributed by atoms with van der Waals surface area (Å²) in [5, 5.41) is 2.86. The fraction of sp³-hybridized carbons (Fsp3) is 0.429. The summed E-state index contributed by atoms with van der Waals surface area (Å²) < 4.78 is 4.92. The number of methoxy groups -OCH3 is 1. The molecule has 2 aliphatic rings. The Hall–Kier alpha value is -3.68. The number of rotatable bonds is 6. The van der Waals surface area contributed by atoms with E-state index in [1.165, 1.54) is 14.0 Å². The number of ketones is 1. The summed E-state index contributed by atoms with van der Waals surface area (Å²) in [5.74, 6) is -0.527. The molecule has 0 saturated carbocycles. The van der Waals surface area contributed by atoms with Gasteiger partial charge in [0.05, 0.1) is 7.11 Å². The number of carbonyl (C=O) groups is 4. The van der Waals surface area contributed by atoms with Crippen molar-refractivity contribution in [2.24, 2.45) is 5.41 Å². The molecule has 36 heavy (non-hydrogen) atoms. The first-order valence-corrected chi connectivity index (χ1v) is 12.4. The van der Waals surface area contributed by atoms with Crippen molar-refractivity contribution >= 4 is 23.7 Å². The van der Waals surface area contributed by atoms with E-state index in [-0.39, 0.29) is 23.1 Å². The molecule has 2 aliphatic heterocycles. The van der Waals surface area contributed by atoms with E-state index in [0.29, 0.717) is 43.7 Å². The van der Waals surface area contributed by atoms with Crippen LogP contribution in [0.15, 0.2) is 54.6 Å². The molecule has 0 radical (unpaired) electrons. The van der Waals surface area contributed by atoms with Crippen LogP contribution in [0.5, 0.6) is 0 Å². The summed E-state index contributed by atoms with van der Waals surface area (Å²) in [4.78, 5) is 53.4. The molecule has 4 rings (SSSR count). The summed E-state index contributed by atoms with van der Waals surface area (Å²) in [6.45, 7) is 3.98. The molecule has 8 heteroatoms. The Morgan fingerprint density at radius 3 is 2.06 bits per heavy atom. The Morgan fingerprint density at radius 2 is 1.47 bits per heavy atom. The Bertz CT molecular complexity index is 1110. The zero-order valence-electron chi connectivity index (χ0n) is 20.9. The maximum Gasteiger partial charge on any atom is 0.328 e. The molecule has 3 amide bonds. The van der Waals surface area contributed by atoms with Gasteiger partial charge >= 0.3 is 12.0 Å². The molecule has 1 unspecified atom stereocenters. The van der Waals surface area contributed by atoms with Crippen molar-refractivity contribution < 1.29 is 23.9 Å². The smallest absolute Gasteiger partial charge is 0.328 e. The van der Waals surface area contributed by atoms with Crippen molar-refractivity contribution in [3.63, 3.8) is 0 Å². The van der Waals surface area contributed by atoms with Crippen molar-refractivity contribution in [1.82, 2.24) is 15.1 Å². The second kappa shape index (κ2) is 10.9. The molecule has 2 fully saturated rings. The molecule has 1 N–H and O–H groups in total. The Morgan fingerprint density at radius 1 is 0.889 bits per heavy atom. The number of benzene rings is 2. The highest BCUT2D eigenvalue weighted by atomic mass is 16.5. The lowest BCUT2D eigenvalue weighted by molar-refractivity contribution is -0.142. The highest BCUT2D eigenvalue weighted by molar-refractivity contribution is 5.97. The summed E-state index contributed by atoms with van der Waals surface area (Å²) in [6.07, 6.45) is 2.87. The number of hydrogen-bond donors (Lipinski definition) is 1. The van der Waals surface area contributed by atoms with E-state index in [2.05, 4.69) is 5.32 Å². The fourth-order valence-corrected chi connectivity index (χ4v) is 5.16. The van der Waals surface area contributed by atoms with E-state index in [4.69, 9.17) is 4.74 Å². The van der Waals surface area contributed by atoms with Crippen LogP contribution < -0.4 is 5.32 Å². The van der Waals surface area contributed by atoms with Crippen LogP contribution in [0.3, 0.4) is 0 Å². The molecule has 1 atom stereocenters. The zero-order valence-corrected chi connectivity index (χ0v) is 20.9. The molecule has 0 bridgehead atoms. The number of amides is 3. The van der Waals surface area contributed by atoms with Crippen molar-refractivity contribution in [2.75, 3.05) is 33.3 Å². The first kappa shape index (κ1) is 25.4. The lowest BCUT2D eigenvalue weighted by Gasteiger charge is -2.39. The maximum absolute atomic E-state index is 13.0. The average molecular weight is 492 g/mol. The van der Waals surface area contributed by atoms with Gasteiger partial charge in [-0.05, 0) is 49.3 Å². The fourth-order valence-electron chi connectivity index (χ4n) is 5.16. The number of ether oxygens (including phenoxy) is 1. The summed E-state index contributed by atoms with van der Waals surface area (Å²) in [7, 11) is 1.32. The van der Waals surface area contributed by atoms with Crippen molar-refractivity contribution in [2.45, 2.75) is 38.6 Å². The second-order valence-electron chi connectivity index (χ2n) is 9.81. The normalized spacial score (nSPS) is 17.5. The number of carbonyl (C=O) groups excluding carboxylic acids is 4. The number of nitrogens with zero attached hydrogens (tertiary/aromatic N) is 2. The van der Waals surface area contributed by atoms with Gasteiger partial charge in [0.1, 0.15) is 6.04 Å². The highest BCUT2D eigenvalue weighted by Crippen LogP contribution is 2.40. The minimum atomic E-state index is -0.754. The lowest BCUT2D eigenvalue weighted by Crippen LogP contribution is -2.50. The Balaban J connectivity index is 1.32. The number of esters is 1. The molecule has 2 heterocycles. The van der Waals surface area contributed by atoms with Gasteiger partial charge in [0.25, 0.3) is 5.91 Å². The van der Waals surface area contributed by atoms with E-state index in [1.54, 1.807) is 29.2 Å². The SMILES string of the molecule is COC(=O)C(Cc1ccccc1)NC(=O)N1CCC2(CCN(C(=O)c3ccc(C(C)=O)cc3)CC2)C1. The first-order valence-electron chi connectivity index (χ1n) is 12.4. The van der Waals surface area contributed by atoms with Gasteiger partial charge in [-0.25, -0.2) is 9.59 Å². The predicted octanol–water partition coefficient (Wildman–Crippen LogP) is 3.31. The topological polar surface area (TPSA) is 96.0 Å². The van der Waals surface area contributed by atoms with Gasteiger partial charge < -0.3 is 19.9 Å². The molecule has 2 aromatic rings. The second-order valence-corrected chi connectivity index (χ2v) is 9.81. The summed E-state index contributed by atoms with van der Waals surface area (Å²) >= 11 is 0. The zero-order chi connectivity index (χ0) is 25.7. The van der Waals surface area contributed by atoms with Crippen LogP contribution in [0.1, 0.15) is 52.5 Å². The lowest BCUT2D eigenvalue weighted by atomic mass is 9.77. The van der Waals surface area contributed by atoms with Crippen LogP contribution in [0.4, 0.5) is 4.79 Å². The number of likely N-dealkylation sites (tertiary alicyclic amines) is 2. The highest BCUT2D eigenvalue weighted by Gasteiger charge is 2.43. The van der Waals surface area contributed by atoms with Gasteiger partial charge in [-0.3, -0.25) is 9.59 Å². The van der Waals surface area contributed by atoms with Crippen LogP contribution >= 0.6 is 0 Å². The molecule has 2 saturated heterocycles. The van der Waals surface area contributed by atoms with E-state index in [0.717, 1.165) is 24.8 Å². The van der Waals surface area contributed by atoms with Crippen molar-refractivity contribution in [1.29, 1.82) is 0 Å². The van der Waals surface area contributed by atoms with Gasteiger partial charge in [-0.2, -0.15) is 0 Å². The molecular weight excluding hydrogens is 458 g/mol. The van der Waals surface area contributed by atoms with Crippen LogP contribution in [-0.2, 0) is 16.0 Å². The van der Waals surface area contributed by atoms with Crippen molar-refractivity contribution in [3.8, 4) is 0 Å². The summed E-state index contributed by atoms with van der Waals surface area (Å²) in [6, 6.07) is 15.3. The van der Waals surface area contributed by atoms with Crippen molar-refractivity contribution in [3.05, 3.63) is 71.3 Å². The van der Waals surface area contributed by atoms with Crippen LogP contribution in [0, 0.1) is 5.41 Å². The third-order valence-corrected chi connectivity index (χ3v) is 7.44. The molecule has 190 valence electrons. The van der Waals surface area contributed by atoms with Gasteiger partial charge in [-0.15, -0.1) is 0 Å². The number of Topliss-reactive ketones (excluding diaryl/α,β-unsaturated/α-hetero) is 1. The van der Waals surface area contributed by atoms with Gasteiger partial charge in [0.15, 0.2) is 5.78 Å². The first-order chi connectivity index (χ1) is 17.3. The molecular formula is C28H33N3O5.